The summed E-state index contributed by atoms with van der Waals surface area (Å²) in [6.07, 6.45) is 0.150. The van der Waals surface area contributed by atoms with Crippen LogP contribution in [0.15, 0.2) is 30.3 Å². The molecule has 0 aliphatic heterocycles. The van der Waals surface area contributed by atoms with Crippen LogP contribution in [-0.2, 0) is 4.79 Å². The minimum Gasteiger partial charge on any atom is -0.481 e. The third kappa shape index (κ3) is 4.13. The monoisotopic (exact) mass is 207 g/mol. The lowest BCUT2D eigenvalue weighted by atomic mass is 10.1. The fourth-order valence-corrected chi connectivity index (χ4v) is 1.59. The zero-order chi connectivity index (χ0) is 11.3. The van der Waals surface area contributed by atoms with Crippen LogP contribution in [0.5, 0.6) is 0 Å². The van der Waals surface area contributed by atoms with E-state index < -0.39 is 5.97 Å². The van der Waals surface area contributed by atoms with Crippen LogP contribution in [0.25, 0.3) is 0 Å². The molecule has 0 spiro atoms. The Morgan fingerprint density at radius 3 is 2.47 bits per heavy atom. The van der Waals surface area contributed by atoms with Crippen molar-refractivity contribution >= 4 is 5.97 Å². The fourth-order valence-electron chi connectivity index (χ4n) is 1.59. The lowest BCUT2D eigenvalue weighted by molar-refractivity contribution is -0.137. The first-order chi connectivity index (χ1) is 7.09. The Labute approximate surface area is 90.1 Å². The number of nitrogens with one attached hydrogen (secondary N) is 1. The second kappa shape index (κ2) is 5.51. The van der Waals surface area contributed by atoms with Gasteiger partial charge < -0.3 is 10.4 Å². The number of rotatable bonds is 5. The van der Waals surface area contributed by atoms with Crippen LogP contribution in [0.2, 0.25) is 0 Å². The molecule has 0 bridgehead atoms. The van der Waals surface area contributed by atoms with Crippen molar-refractivity contribution in [2.75, 3.05) is 0 Å². The van der Waals surface area contributed by atoms with Gasteiger partial charge in [-0.05, 0) is 19.4 Å². The first-order valence-electron chi connectivity index (χ1n) is 5.12. The number of carbonyl (C=O) groups is 1. The maximum atomic E-state index is 10.5. The lowest BCUT2D eigenvalue weighted by Crippen LogP contribution is -2.30. The van der Waals surface area contributed by atoms with E-state index in [1.54, 1.807) is 0 Å². The van der Waals surface area contributed by atoms with Gasteiger partial charge in [0.05, 0.1) is 6.42 Å². The molecule has 82 valence electrons. The van der Waals surface area contributed by atoms with Gasteiger partial charge in [0.2, 0.25) is 0 Å². The van der Waals surface area contributed by atoms with Gasteiger partial charge in [0.1, 0.15) is 0 Å². The summed E-state index contributed by atoms with van der Waals surface area (Å²) >= 11 is 0. The van der Waals surface area contributed by atoms with Gasteiger partial charge in [-0.25, -0.2) is 0 Å². The maximum Gasteiger partial charge on any atom is 0.304 e. The summed E-state index contributed by atoms with van der Waals surface area (Å²) in [6.45, 7) is 3.92. The molecule has 3 heteroatoms. The number of hydrogen-bond acceptors (Lipinski definition) is 2. The molecule has 0 radical (unpaired) electrons. The van der Waals surface area contributed by atoms with Gasteiger partial charge in [0.25, 0.3) is 0 Å². The molecule has 0 saturated carbocycles. The highest BCUT2D eigenvalue weighted by Gasteiger charge is 2.11. The Hall–Kier alpha value is -1.35. The van der Waals surface area contributed by atoms with Crippen molar-refractivity contribution in [1.29, 1.82) is 0 Å². The zero-order valence-corrected chi connectivity index (χ0v) is 9.10. The highest BCUT2D eigenvalue weighted by atomic mass is 16.4. The van der Waals surface area contributed by atoms with E-state index in [-0.39, 0.29) is 18.5 Å². The Morgan fingerprint density at radius 2 is 1.93 bits per heavy atom. The Balaban J connectivity index is 2.49. The minimum atomic E-state index is -0.768. The molecule has 1 aromatic carbocycles. The topological polar surface area (TPSA) is 49.3 Å². The smallest absolute Gasteiger partial charge is 0.304 e. The summed E-state index contributed by atoms with van der Waals surface area (Å²) in [5, 5.41) is 11.9. The molecule has 0 aliphatic carbocycles. The number of hydrogen-bond donors (Lipinski definition) is 2. The van der Waals surface area contributed by atoms with Crippen molar-refractivity contribution in [2.45, 2.75) is 32.4 Å². The fraction of sp³-hybridized carbons (Fsp3) is 0.417. The number of aliphatic carboxylic acids is 1. The van der Waals surface area contributed by atoms with E-state index in [1.807, 2.05) is 44.2 Å². The van der Waals surface area contributed by atoms with Gasteiger partial charge >= 0.3 is 5.97 Å². The largest absolute Gasteiger partial charge is 0.481 e. The van der Waals surface area contributed by atoms with Crippen molar-refractivity contribution in [1.82, 2.24) is 5.32 Å². The average Bonchev–Trinajstić information content (AvgIpc) is 2.17. The van der Waals surface area contributed by atoms with Crippen molar-refractivity contribution in [3.8, 4) is 0 Å². The average molecular weight is 207 g/mol. The molecule has 15 heavy (non-hydrogen) atoms. The van der Waals surface area contributed by atoms with Crippen LogP contribution in [-0.4, -0.2) is 17.1 Å². The van der Waals surface area contributed by atoms with Crippen molar-refractivity contribution in [2.24, 2.45) is 0 Å². The summed E-state index contributed by atoms with van der Waals surface area (Å²) in [5.41, 5.74) is 1.18. The molecule has 0 amide bonds. The maximum absolute atomic E-state index is 10.5. The second-order valence-electron chi connectivity index (χ2n) is 3.80. The number of carboxylic acids is 1. The molecule has 0 aliphatic rings. The SMILES string of the molecule is CC(CC(=O)O)NC(C)c1ccccc1. The van der Waals surface area contributed by atoms with Crippen LogP contribution in [0.1, 0.15) is 31.9 Å². The quantitative estimate of drug-likeness (QED) is 0.778. The molecular weight excluding hydrogens is 190 g/mol. The highest BCUT2D eigenvalue weighted by molar-refractivity contribution is 5.67. The van der Waals surface area contributed by atoms with Gasteiger partial charge in [0.15, 0.2) is 0 Å². The van der Waals surface area contributed by atoms with E-state index in [0.29, 0.717) is 0 Å². The van der Waals surface area contributed by atoms with Gasteiger partial charge in [-0.3, -0.25) is 4.79 Å². The second-order valence-corrected chi connectivity index (χ2v) is 3.80. The van der Waals surface area contributed by atoms with Crippen LogP contribution in [0.4, 0.5) is 0 Å². The van der Waals surface area contributed by atoms with E-state index in [4.69, 9.17) is 5.11 Å². The first-order valence-corrected chi connectivity index (χ1v) is 5.12. The Bertz CT molecular complexity index is 311. The Kier molecular flexibility index (Phi) is 4.31. The highest BCUT2D eigenvalue weighted by Crippen LogP contribution is 2.12. The van der Waals surface area contributed by atoms with Crippen molar-refractivity contribution in [3.63, 3.8) is 0 Å². The van der Waals surface area contributed by atoms with Gasteiger partial charge in [-0.2, -0.15) is 0 Å². The summed E-state index contributed by atoms with van der Waals surface area (Å²) in [7, 11) is 0. The minimum absolute atomic E-state index is 0.0160. The third-order valence-electron chi connectivity index (χ3n) is 2.31. The predicted octanol–water partition coefficient (Wildman–Crippen LogP) is 2.20. The molecule has 0 saturated heterocycles. The molecule has 2 unspecified atom stereocenters. The summed E-state index contributed by atoms with van der Waals surface area (Å²) in [4.78, 5) is 10.5. The van der Waals surface area contributed by atoms with Gasteiger partial charge in [-0.1, -0.05) is 30.3 Å². The number of benzene rings is 1. The molecular formula is C12H17NO2. The lowest BCUT2D eigenvalue weighted by Gasteiger charge is -2.18. The zero-order valence-electron chi connectivity index (χ0n) is 9.10. The molecule has 0 heterocycles. The standard InChI is InChI=1S/C12H17NO2/c1-9(8-12(14)15)13-10(2)11-6-4-3-5-7-11/h3-7,9-10,13H,8H2,1-2H3,(H,14,15). The van der Waals surface area contributed by atoms with Crippen LogP contribution in [0, 0.1) is 0 Å². The molecule has 2 N–H and O–H groups in total. The van der Waals surface area contributed by atoms with E-state index in [0.717, 1.165) is 0 Å². The third-order valence-corrected chi connectivity index (χ3v) is 2.31. The van der Waals surface area contributed by atoms with Crippen LogP contribution >= 0.6 is 0 Å². The summed E-state index contributed by atoms with van der Waals surface area (Å²) in [5.74, 6) is -0.768. The molecule has 1 rings (SSSR count). The molecule has 3 nitrogen and oxygen atoms in total. The molecule has 0 aromatic heterocycles. The molecule has 0 fully saturated rings. The molecule has 1 aromatic rings. The van der Waals surface area contributed by atoms with E-state index in [1.165, 1.54) is 5.56 Å². The van der Waals surface area contributed by atoms with E-state index >= 15 is 0 Å². The first kappa shape index (κ1) is 11.7. The molecule has 2 atom stereocenters. The van der Waals surface area contributed by atoms with E-state index in [2.05, 4.69) is 5.32 Å². The van der Waals surface area contributed by atoms with Crippen molar-refractivity contribution in [3.05, 3.63) is 35.9 Å². The van der Waals surface area contributed by atoms with Gasteiger partial charge in [-0.15, -0.1) is 0 Å². The predicted molar refractivity (Wildman–Crippen MR) is 59.7 cm³/mol. The van der Waals surface area contributed by atoms with Crippen molar-refractivity contribution < 1.29 is 9.90 Å². The normalized spacial score (nSPS) is 14.5. The van der Waals surface area contributed by atoms with Gasteiger partial charge in [0, 0.05) is 12.1 Å². The summed E-state index contributed by atoms with van der Waals surface area (Å²) in [6, 6.07) is 10.2. The Morgan fingerprint density at radius 1 is 1.33 bits per heavy atom. The summed E-state index contributed by atoms with van der Waals surface area (Å²) < 4.78 is 0. The number of carboxylic acid groups (broad SMARTS) is 1. The van der Waals surface area contributed by atoms with E-state index in [9.17, 15) is 4.79 Å². The van der Waals surface area contributed by atoms with Crippen LogP contribution in [0.3, 0.4) is 0 Å². The van der Waals surface area contributed by atoms with Crippen LogP contribution < -0.4 is 5.32 Å².